The molecule has 3 aromatic carbocycles. The number of methoxy groups -OCH3 is 2. The summed E-state index contributed by atoms with van der Waals surface area (Å²) in [6, 6.07) is 20.1. The number of benzene rings is 3. The third-order valence-electron chi connectivity index (χ3n) is 3.76. The molecular weight excluding hydrogens is 291 g/mol. The van der Waals surface area contributed by atoms with Crippen molar-refractivity contribution in [1.29, 1.82) is 0 Å². The third kappa shape index (κ3) is 3.04. The number of ether oxygens (including phenoxy) is 2. The van der Waals surface area contributed by atoms with Crippen molar-refractivity contribution in [3.8, 4) is 33.8 Å². The molecule has 0 heterocycles. The smallest absolute Gasteiger partial charge is 0.127 e. The summed E-state index contributed by atoms with van der Waals surface area (Å²) >= 11 is 0. The van der Waals surface area contributed by atoms with E-state index in [0.29, 0.717) is 0 Å². The van der Waals surface area contributed by atoms with Crippen LogP contribution in [0, 0.1) is 5.82 Å². The van der Waals surface area contributed by atoms with Gasteiger partial charge in [-0.15, -0.1) is 0 Å². The molecular formula is C20H17FO2. The van der Waals surface area contributed by atoms with Gasteiger partial charge in [0.25, 0.3) is 0 Å². The third-order valence-corrected chi connectivity index (χ3v) is 3.76. The molecule has 0 spiro atoms. The van der Waals surface area contributed by atoms with E-state index in [-0.39, 0.29) is 5.82 Å². The Morgan fingerprint density at radius 2 is 1.48 bits per heavy atom. The summed E-state index contributed by atoms with van der Waals surface area (Å²) in [7, 11) is 3.28. The van der Waals surface area contributed by atoms with Crippen LogP contribution in [-0.4, -0.2) is 14.2 Å². The molecule has 0 atom stereocenters. The van der Waals surface area contributed by atoms with Crippen molar-refractivity contribution >= 4 is 0 Å². The molecule has 3 aromatic rings. The average molecular weight is 308 g/mol. The van der Waals surface area contributed by atoms with Crippen molar-refractivity contribution in [1.82, 2.24) is 0 Å². The summed E-state index contributed by atoms with van der Waals surface area (Å²) in [5.41, 5.74) is 3.86. The molecule has 0 saturated carbocycles. The van der Waals surface area contributed by atoms with Crippen LogP contribution in [0.3, 0.4) is 0 Å². The Bertz CT molecular complexity index is 810. The van der Waals surface area contributed by atoms with E-state index in [9.17, 15) is 4.39 Å². The largest absolute Gasteiger partial charge is 0.497 e. The van der Waals surface area contributed by atoms with Gasteiger partial charge < -0.3 is 9.47 Å². The van der Waals surface area contributed by atoms with Crippen molar-refractivity contribution in [3.05, 3.63) is 72.5 Å². The highest BCUT2D eigenvalue weighted by molar-refractivity contribution is 5.87. The lowest BCUT2D eigenvalue weighted by atomic mass is 9.93. The molecule has 0 N–H and O–H groups in total. The molecule has 0 radical (unpaired) electrons. The highest BCUT2D eigenvalue weighted by Gasteiger charge is 2.13. The number of hydrogen-bond acceptors (Lipinski definition) is 2. The molecule has 0 aromatic heterocycles. The monoisotopic (exact) mass is 308 g/mol. The Labute approximate surface area is 135 Å². The van der Waals surface area contributed by atoms with Gasteiger partial charge in [0.15, 0.2) is 0 Å². The van der Waals surface area contributed by atoms with Crippen molar-refractivity contribution < 1.29 is 13.9 Å². The molecule has 0 bridgehead atoms. The summed E-state index contributed by atoms with van der Waals surface area (Å²) < 4.78 is 24.1. The van der Waals surface area contributed by atoms with Gasteiger partial charge in [-0.05, 0) is 47.0 Å². The lowest BCUT2D eigenvalue weighted by Crippen LogP contribution is -1.92. The fourth-order valence-electron chi connectivity index (χ4n) is 2.65. The second kappa shape index (κ2) is 6.53. The van der Waals surface area contributed by atoms with Gasteiger partial charge in [0.05, 0.1) is 14.2 Å². The molecule has 116 valence electrons. The predicted molar refractivity (Wildman–Crippen MR) is 90.4 cm³/mol. The minimum absolute atomic E-state index is 0.258. The SMILES string of the molecule is COc1cccc(-c2cccc(OC)c2-c2ccc(F)cc2)c1. The fourth-order valence-corrected chi connectivity index (χ4v) is 2.65. The first-order chi connectivity index (χ1) is 11.2. The maximum Gasteiger partial charge on any atom is 0.127 e. The number of rotatable bonds is 4. The average Bonchev–Trinajstić information content (AvgIpc) is 2.62. The number of hydrogen-bond donors (Lipinski definition) is 0. The van der Waals surface area contributed by atoms with E-state index in [0.717, 1.165) is 33.8 Å². The van der Waals surface area contributed by atoms with Crippen molar-refractivity contribution in [2.24, 2.45) is 0 Å². The maximum atomic E-state index is 13.3. The van der Waals surface area contributed by atoms with E-state index >= 15 is 0 Å². The van der Waals surface area contributed by atoms with E-state index in [4.69, 9.17) is 9.47 Å². The topological polar surface area (TPSA) is 18.5 Å². The van der Waals surface area contributed by atoms with Crippen LogP contribution in [0.25, 0.3) is 22.3 Å². The van der Waals surface area contributed by atoms with Crippen LogP contribution in [-0.2, 0) is 0 Å². The second-order valence-electron chi connectivity index (χ2n) is 5.12. The normalized spacial score (nSPS) is 10.4. The predicted octanol–water partition coefficient (Wildman–Crippen LogP) is 5.18. The lowest BCUT2D eigenvalue weighted by Gasteiger charge is -2.15. The maximum absolute atomic E-state index is 13.3. The Kier molecular flexibility index (Phi) is 4.29. The summed E-state index contributed by atoms with van der Waals surface area (Å²) in [4.78, 5) is 0. The molecule has 0 saturated heterocycles. The summed E-state index contributed by atoms with van der Waals surface area (Å²) in [6.45, 7) is 0. The van der Waals surface area contributed by atoms with Crippen molar-refractivity contribution in [3.63, 3.8) is 0 Å². The van der Waals surface area contributed by atoms with Gasteiger partial charge in [-0.3, -0.25) is 0 Å². The van der Waals surface area contributed by atoms with Crippen LogP contribution in [0.2, 0.25) is 0 Å². The quantitative estimate of drug-likeness (QED) is 0.661. The molecule has 0 unspecified atom stereocenters. The van der Waals surface area contributed by atoms with Crippen LogP contribution in [0.4, 0.5) is 4.39 Å². The summed E-state index contributed by atoms with van der Waals surface area (Å²) in [5.74, 6) is 1.28. The minimum atomic E-state index is -0.258. The van der Waals surface area contributed by atoms with Crippen LogP contribution in [0.5, 0.6) is 11.5 Å². The lowest BCUT2D eigenvalue weighted by molar-refractivity contribution is 0.414. The van der Waals surface area contributed by atoms with E-state index in [1.807, 2.05) is 42.5 Å². The first kappa shape index (κ1) is 15.1. The molecule has 23 heavy (non-hydrogen) atoms. The van der Waals surface area contributed by atoms with Crippen LogP contribution < -0.4 is 9.47 Å². The zero-order valence-electron chi connectivity index (χ0n) is 13.0. The summed E-state index contributed by atoms with van der Waals surface area (Å²) in [5, 5.41) is 0. The standard InChI is InChI=1S/C20H17FO2/c1-22-17-6-3-5-15(13-17)18-7-4-8-19(23-2)20(18)14-9-11-16(21)12-10-14/h3-13H,1-2H3. The van der Waals surface area contributed by atoms with Gasteiger partial charge in [0.1, 0.15) is 17.3 Å². The Morgan fingerprint density at radius 1 is 0.739 bits per heavy atom. The van der Waals surface area contributed by atoms with E-state index in [2.05, 4.69) is 0 Å². The molecule has 0 aliphatic heterocycles. The first-order valence-electron chi connectivity index (χ1n) is 7.30. The Hall–Kier alpha value is -2.81. The molecule has 0 amide bonds. The van der Waals surface area contributed by atoms with Gasteiger partial charge in [-0.1, -0.05) is 36.4 Å². The van der Waals surface area contributed by atoms with Crippen molar-refractivity contribution in [2.45, 2.75) is 0 Å². The molecule has 0 aliphatic rings. The zero-order chi connectivity index (χ0) is 16.2. The number of halogens is 1. The highest BCUT2D eigenvalue weighted by Crippen LogP contribution is 2.39. The van der Waals surface area contributed by atoms with Crippen LogP contribution in [0.15, 0.2) is 66.7 Å². The van der Waals surface area contributed by atoms with Gasteiger partial charge in [-0.25, -0.2) is 4.39 Å². The van der Waals surface area contributed by atoms with Gasteiger partial charge in [0.2, 0.25) is 0 Å². The van der Waals surface area contributed by atoms with E-state index < -0.39 is 0 Å². The molecule has 0 fully saturated rings. The molecule has 3 rings (SSSR count). The van der Waals surface area contributed by atoms with E-state index in [1.165, 1.54) is 12.1 Å². The van der Waals surface area contributed by atoms with Crippen LogP contribution >= 0.6 is 0 Å². The Balaban J connectivity index is 2.22. The Morgan fingerprint density at radius 3 is 2.17 bits per heavy atom. The zero-order valence-corrected chi connectivity index (χ0v) is 13.0. The van der Waals surface area contributed by atoms with Crippen molar-refractivity contribution in [2.75, 3.05) is 14.2 Å². The first-order valence-corrected chi connectivity index (χ1v) is 7.30. The molecule has 2 nitrogen and oxygen atoms in total. The fraction of sp³-hybridized carbons (Fsp3) is 0.100. The van der Waals surface area contributed by atoms with Gasteiger partial charge in [0, 0.05) is 5.56 Å². The molecule has 3 heteroatoms. The van der Waals surface area contributed by atoms with Crippen LogP contribution in [0.1, 0.15) is 0 Å². The minimum Gasteiger partial charge on any atom is -0.497 e. The second-order valence-corrected chi connectivity index (χ2v) is 5.12. The van der Waals surface area contributed by atoms with Gasteiger partial charge in [-0.2, -0.15) is 0 Å². The summed E-state index contributed by atoms with van der Waals surface area (Å²) in [6.07, 6.45) is 0. The van der Waals surface area contributed by atoms with Gasteiger partial charge >= 0.3 is 0 Å². The van der Waals surface area contributed by atoms with E-state index in [1.54, 1.807) is 26.4 Å². The highest BCUT2D eigenvalue weighted by atomic mass is 19.1. The molecule has 0 aliphatic carbocycles.